The predicted octanol–water partition coefficient (Wildman–Crippen LogP) is 2.31. The first kappa shape index (κ1) is 18.2. The molecule has 5 nitrogen and oxygen atoms in total. The average molecular weight is 345 g/mol. The van der Waals surface area contributed by atoms with Gasteiger partial charge < -0.3 is 26.0 Å². The van der Waals surface area contributed by atoms with Gasteiger partial charge in [0.2, 0.25) is 0 Å². The summed E-state index contributed by atoms with van der Waals surface area (Å²) < 4.78 is 5.95. The van der Waals surface area contributed by atoms with Crippen LogP contribution in [0.4, 0.5) is 11.4 Å². The maximum Gasteiger partial charge on any atom is 0.114 e. The van der Waals surface area contributed by atoms with Crippen LogP contribution in [0.2, 0.25) is 0 Å². The molecule has 1 fully saturated rings. The van der Waals surface area contributed by atoms with E-state index in [1.54, 1.807) is 0 Å². The molecule has 0 spiro atoms. The molecule has 0 amide bonds. The Morgan fingerprint density at radius 2 is 1.80 bits per heavy atom. The number of nitrogens with two attached hydrogens (primary N) is 2. The minimum atomic E-state index is -0.341. The zero-order valence-electron chi connectivity index (χ0n) is 15.9. The van der Waals surface area contributed by atoms with E-state index in [1.165, 1.54) is 11.4 Å². The standard InChI is InChI=1S/C20H32N4O/c1-12(2)25-20(22)19-13(3)11-24-16-9-7-6-8-15(16)23(5)17(14(4)21)10-18(19)24/h6-9,12,14,17-20H,3,10-11,21-22H2,1-2,4-5H3. The molecule has 138 valence electrons. The van der Waals surface area contributed by atoms with Crippen molar-refractivity contribution in [3.8, 4) is 0 Å². The SMILES string of the molecule is C=C1CN2c3ccccc3N(C)C(C(C)N)CC2C1C(N)OC(C)C. The fraction of sp³-hybridized carbons (Fsp3) is 0.600. The Kier molecular flexibility index (Phi) is 5.09. The number of anilines is 2. The number of fused-ring (bicyclic) bond motifs is 3. The van der Waals surface area contributed by atoms with E-state index in [-0.39, 0.29) is 36.4 Å². The van der Waals surface area contributed by atoms with E-state index in [0.717, 1.165) is 18.5 Å². The fourth-order valence-corrected chi connectivity index (χ4v) is 4.45. The van der Waals surface area contributed by atoms with Crippen molar-refractivity contribution in [3.05, 3.63) is 36.4 Å². The first-order valence-electron chi connectivity index (χ1n) is 9.24. The zero-order chi connectivity index (χ0) is 18.3. The molecule has 2 heterocycles. The second kappa shape index (κ2) is 6.98. The monoisotopic (exact) mass is 344 g/mol. The Morgan fingerprint density at radius 1 is 1.16 bits per heavy atom. The van der Waals surface area contributed by atoms with Crippen molar-refractivity contribution in [2.45, 2.75) is 57.6 Å². The minimum Gasteiger partial charge on any atom is -0.368 e. The quantitative estimate of drug-likeness (QED) is 0.648. The summed E-state index contributed by atoms with van der Waals surface area (Å²) in [7, 11) is 2.14. The molecule has 2 aliphatic heterocycles. The summed E-state index contributed by atoms with van der Waals surface area (Å²) >= 11 is 0. The number of benzene rings is 1. The highest BCUT2D eigenvalue weighted by Gasteiger charge is 2.45. The number of para-hydroxylation sites is 2. The lowest BCUT2D eigenvalue weighted by molar-refractivity contribution is -0.0168. The highest BCUT2D eigenvalue weighted by molar-refractivity contribution is 5.74. The number of ether oxygens (including phenoxy) is 1. The van der Waals surface area contributed by atoms with E-state index in [1.807, 2.05) is 13.8 Å². The summed E-state index contributed by atoms with van der Waals surface area (Å²) in [6, 6.07) is 9.11. The van der Waals surface area contributed by atoms with Crippen LogP contribution in [0, 0.1) is 5.92 Å². The molecule has 5 unspecified atom stereocenters. The Balaban J connectivity index is 2.02. The molecule has 0 radical (unpaired) electrons. The molecule has 1 saturated heterocycles. The lowest BCUT2D eigenvalue weighted by atomic mass is 9.88. The molecule has 5 atom stereocenters. The van der Waals surface area contributed by atoms with E-state index < -0.39 is 0 Å². The van der Waals surface area contributed by atoms with Crippen molar-refractivity contribution in [1.82, 2.24) is 0 Å². The number of hydrogen-bond acceptors (Lipinski definition) is 5. The van der Waals surface area contributed by atoms with E-state index in [9.17, 15) is 0 Å². The lowest BCUT2D eigenvalue weighted by Crippen LogP contribution is -2.49. The third-order valence-electron chi connectivity index (χ3n) is 5.60. The number of rotatable bonds is 4. The summed E-state index contributed by atoms with van der Waals surface area (Å²) in [5, 5.41) is 0. The van der Waals surface area contributed by atoms with Crippen molar-refractivity contribution < 1.29 is 4.74 Å². The van der Waals surface area contributed by atoms with Crippen LogP contribution in [0.3, 0.4) is 0 Å². The van der Waals surface area contributed by atoms with Gasteiger partial charge >= 0.3 is 0 Å². The highest BCUT2D eigenvalue weighted by atomic mass is 16.5. The molecule has 25 heavy (non-hydrogen) atoms. The van der Waals surface area contributed by atoms with Gasteiger partial charge in [-0.15, -0.1) is 0 Å². The maximum absolute atomic E-state index is 6.45. The van der Waals surface area contributed by atoms with Crippen LogP contribution in [0.25, 0.3) is 0 Å². The molecule has 0 aliphatic carbocycles. The molecular weight excluding hydrogens is 312 g/mol. The molecule has 4 N–H and O–H groups in total. The van der Waals surface area contributed by atoms with Crippen molar-refractivity contribution in [2.24, 2.45) is 17.4 Å². The third kappa shape index (κ3) is 3.28. The number of nitrogens with zero attached hydrogens (tertiary/aromatic N) is 2. The fourth-order valence-electron chi connectivity index (χ4n) is 4.45. The normalized spacial score (nSPS) is 28.6. The summed E-state index contributed by atoms with van der Waals surface area (Å²) in [4.78, 5) is 4.78. The van der Waals surface area contributed by atoms with Gasteiger partial charge in [-0.25, -0.2) is 0 Å². The smallest absolute Gasteiger partial charge is 0.114 e. The summed E-state index contributed by atoms with van der Waals surface area (Å²) in [6.07, 6.45) is 0.704. The van der Waals surface area contributed by atoms with Crippen LogP contribution in [-0.2, 0) is 4.74 Å². The van der Waals surface area contributed by atoms with Crippen LogP contribution in [0.5, 0.6) is 0 Å². The van der Waals surface area contributed by atoms with Crippen molar-refractivity contribution in [2.75, 3.05) is 23.4 Å². The van der Waals surface area contributed by atoms with Crippen molar-refractivity contribution in [3.63, 3.8) is 0 Å². The summed E-state index contributed by atoms with van der Waals surface area (Å²) in [5.41, 5.74) is 16.4. The molecule has 5 heteroatoms. The van der Waals surface area contributed by atoms with Gasteiger partial charge in [-0.2, -0.15) is 0 Å². The Bertz CT molecular complexity index is 630. The third-order valence-corrected chi connectivity index (χ3v) is 5.60. The molecule has 0 bridgehead atoms. The van der Waals surface area contributed by atoms with Gasteiger partial charge in [0.25, 0.3) is 0 Å². The van der Waals surface area contributed by atoms with Crippen LogP contribution in [-0.4, -0.2) is 44.0 Å². The number of likely N-dealkylation sites (N-methyl/N-ethyl adjacent to an activating group) is 1. The Hall–Kier alpha value is -1.56. The largest absolute Gasteiger partial charge is 0.368 e. The van der Waals surface area contributed by atoms with Crippen LogP contribution < -0.4 is 21.3 Å². The van der Waals surface area contributed by atoms with Crippen molar-refractivity contribution >= 4 is 11.4 Å². The first-order valence-corrected chi connectivity index (χ1v) is 9.24. The Morgan fingerprint density at radius 3 is 2.40 bits per heavy atom. The second-order valence-electron chi connectivity index (χ2n) is 7.79. The van der Waals surface area contributed by atoms with Crippen LogP contribution in [0.1, 0.15) is 27.2 Å². The van der Waals surface area contributed by atoms with Gasteiger partial charge in [0.15, 0.2) is 0 Å². The molecule has 1 aromatic rings. The van der Waals surface area contributed by atoms with Gasteiger partial charge in [0.05, 0.1) is 17.5 Å². The lowest BCUT2D eigenvalue weighted by Gasteiger charge is -2.35. The maximum atomic E-state index is 6.45. The zero-order valence-corrected chi connectivity index (χ0v) is 15.9. The molecule has 1 aromatic carbocycles. The van der Waals surface area contributed by atoms with E-state index >= 15 is 0 Å². The van der Waals surface area contributed by atoms with Gasteiger partial charge in [-0.3, -0.25) is 0 Å². The van der Waals surface area contributed by atoms with Gasteiger partial charge in [0.1, 0.15) is 6.23 Å². The first-order chi connectivity index (χ1) is 11.8. The van der Waals surface area contributed by atoms with E-state index in [0.29, 0.717) is 0 Å². The topological polar surface area (TPSA) is 67.8 Å². The minimum absolute atomic E-state index is 0.0646. The highest BCUT2D eigenvalue weighted by Crippen LogP contribution is 2.44. The summed E-state index contributed by atoms with van der Waals surface area (Å²) in [6.45, 7) is 11.3. The van der Waals surface area contributed by atoms with E-state index in [2.05, 4.69) is 54.6 Å². The second-order valence-corrected chi connectivity index (χ2v) is 7.79. The predicted molar refractivity (Wildman–Crippen MR) is 105 cm³/mol. The molecule has 0 aromatic heterocycles. The molecule has 2 aliphatic rings. The van der Waals surface area contributed by atoms with Gasteiger partial charge in [-0.1, -0.05) is 18.7 Å². The average Bonchev–Trinajstić information content (AvgIpc) is 2.81. The molecular formula is C20H32N4O. The van der Waals surface area contributed by atoms with E-state index in [4.69, 9.17) is 16.2 Å². The number of hydrogen-bond donors (Lipinski definition) is 2. The van der Waals surface area contributed by atoms with Gasteiger partial charge in [-0.05, 0) is 44.9 Å². The Labute approximate surface area is 151 Å². The van der Waals surface area contributed by atoms with Crippen LogP contribution in [0.15, 0.2) is 36.4 Å². The van der Waals surface area contributed by atoms with Gasteiger partial charge in [0, 0.05) is 37.6 Å². The molecule has 3 rings (SSSR count). The van der Waals surface area contributed by atoms with Crippen molar-refractivity contribution in [1.29, 1.82) is 0 Å². The molecule has 0 saturated carbocycles. The van der Waals surface area contributed by atoms with Crippen LogP contribution >= 0.6 is 0 Å². The summed E-state index contributed by atoms with van der Waals surface area (Å²) in [5.74, 6) is 0.114.